The third-order valence-electron chi connectivity index (χ3n) is 2.72. The molecule has 17 heavy (non-hydrogen) atoms. The van der Waals surface area contributed by atoms with E-state index in [4.69, 9.17) is 0 Å². The lowest BCUT2D eigenvalue weighted by atomic mass is 10.0. The molecule has 4 heteroatoms. The van der Waals surface area contributed by atoms with E-state index < -0.39 is 0 Å². The molecule has 0 aliphatic rings. The molecule has 0 spiro atoms. The van der Waals surface area contributed by atoms with E-state index in [1.165, 1.54) is 10.4 Å². The van der Waals surface area contributed by atoms with Crippen molar-refractivity contribution in [1.29, 1.82) is 0 Å². The molecular formula is C13H17N3S. The highest BCUT2D eigenvalue weighted by Gasteiger charge is 2.10. The number of thiophene rings is 1. The zero-order valence-corrected chi connectivity index (χ0v) is 10.8. The molecule has 0 radical (unpaired) electrons. The van der Waals surface area contributed by atoms with E-state index in [9.17, 15) is 0 Å². The average molecular weight is 247 g/mol. The van der Waals surface area contributed by atoms with E-state index in [0.717, 1.165) is 19.4 Å². The molecule has 2 rings (SSSR count). The molecule has 0 bridgehead atoms. The van der Waals surface area contributed by atoms with Gasteiger partial charge in [0.05, 0.1) is 6.20 Å². The van der Waals surface area contributed by atoms with Crippen molar-refractivity contribution in [3.63, 3.8) is 0 Å². The topological polar surface area (TPSA) is 37.8 Å². The van der Waals surface area contributed by atoms with Gasteiger partial charge in [-0.3, -0.25) is 0 Å². The highest BCUT2D eigenvalue weighted by Crippen LogP contribution is 2.20. The fourth-order valence-electron chi connectivity index (χ4n) is 1.88. The van der Waals surface area contributed by atoms with Gasteiger partial charge in [0.15, 0.2) is 0 Å². The van der Waals surface area contributed by atoms with Crippen LogP contribution in [0.25, 0.3) is 0 Å². The first-order chi connectivity index (χ1) is 8.40. The van der Waals surface area contributed by atoms with Gasteiger partial charge in [0.25, 0.3) is 0 Å². The van der Waals surface area contributed by atoms with Crippen LogP contribution in [-0.2, 0) is 6.42 Å². The number of aryl methyl sites for hydroxylation is 1. The summed E-state index contributed by atoms with van der Waals surface area (Å²) in [4.78, 5) is 1.44. The monoisotopic (exact) mass is 247 g/mol. The molecule has 2 aromatic heterocycles. The molecule has 0 saturated heterocycles. The Balaban J connectivity index is 1.98. The van der Waals surface area contributed by atoms with Crippen molar-refractivity contribution >= 4 is 11.3 Å². The van der Waals surface area contributed by atoms with Crippen molar-refractivity contribution in [1.82, 2.24) is 15.5 Å². The van der Waals surface area contributed by atoms with Gasteiger partial charge in [-0.05, 0) is 42.5 Å². The summed E-state index contributed by atoms with van der Waals surface area (Å²) in [5.41, 5.74) is 1.22. The second kappa shape index (κ2) is 6.47. The van der Waals surface area contributed by atoms with Crippen LogP contribution in [0.1, 0.15) is 29.8 Å². The minimum atomic E-state index is 0.373. The van der Waals surface area contributed by atoms with Gasteiger partial charge in [-0.25, -0.2) is 0 Å². The van der Waals surface area contributed by atoms with Crippen LogP contribution in [0.5, 0.6) is 0 Å². The number of nitrogens with zero attached hydrogens (tertiary/aromatic N) is 2. The SMILES string of the molecule is CCNC(CCc1cccs1)c1ccnnc1. The lowest BCUT2D eigenvalue weighted by Crippen LogP contribution is -2.21. The summed E-state index contributed by atoms with van der Waals surface area (Å²) in [6.45, 7) is 3.10. The van der Waals surface area contributed by atoms with Crippen molar-refractivity contribution in [3.8, 4) is 0 Å². The summed E-state index contributed by atoms with van der Waals surface area (Å²) in [6.07, 6.45) is 5.81. The molecule has 0 saturated carbocycles. The Morgan fingerprint density at radius 3 is 2.94 bits per heavy atom. The van der Waals surface area contributed by atoms with Crippen molar-refractivity contribution in [2.75, 3.05) is 6.54 Å². The number of hydrogen-bond acceptors (Lipinski definition) is 4. The smallest absolute Gasteiger partial charge is 0.0544 e. The summed E-state index contributed by atoms with van der Waals surface area (Å²) in [7, 11) is 0. The first-order valence-corrected chi connectivity index (χ1v) is 6.80. The lowest BCUT2D eigenvalue weighted by molar-refractivity contribution is 0.514. The fourth-order valence-corrected chi connectivity index (χ4v) is 2.61. The van der Waals surface area contributed by atoms with E-state index in [1.54, 1.807) is 6.20 Å². The van der Waals surface area contributed by atoms with Gasteiger partial charge in [-0.15, -0.1) is 11.3 Å². The van der Waals surface area contributed by atoms with Crippen LogP contribution in [0.15, 0.2) is 36.0 Å². The van der Waals surface area contributed by atoms with Crippen LogP contribution in [0.2, 0.25) is 0 Å². The second-order valence-corrected chi connectivity index (χ2v) is 4.94. The van der Waals surface area contributed by atoms with E-state index in [-0.39, 0.29) is 0 Å². The van der Waals surface area contributed by atoms with E-state index >= 15 is 0 Å². The fraction of sp³-hybridized carbons (Fsp3) is 0.385. The lowest BCUT2D eigenvalue weighted by Gasteiger charge is -2.17. The summed E-state index contributed by atoms with van der Waals surface area (Å²) in [6, 6.07) is 6.71. The molecule has 1 N–H and O–H groups in total. The second-order valence-electron chi connectivity index (χ2n) is 3.90. The number of nitrogens with one attached hydrogen (secondary N) is 1. The third kappa shape index (κ3) is 3.61. The Hall–Kier alpha value is -1.26. The van der Waals surface area contributed by atoms with Gasteiger partial charge in [0.1, 0.15) is 0 Å². The van der Waals surface area contributed by atoms with E-state index in [0.29, 0.717) is 6.04 Å². The Morgan fingerprint density at radius 2 is 2.29 bits per heavy atom. The van der Waals surface area contributed by atoms with Crippen LogP contribution >= 0.6 is 11.3 Å². The first-order valence-electron chi connectivity index (χ1n) is 5.92. The van der Waals surface area contributed by atoms with Gasteiger partial charge in [-0.1, -0.05) is 13.0 Å². The molecule has 1 unspecified atom stereocenters. The minimum Gasteiger partial charge on any atom is -0.310 e. The number of aromatic nitrogens is 2. The molecule has 0 aliphatic carbocycles. The molecule has 2 heterocycles. The van der Waals surface area contributed by atoms with Gasteiger partial charge < -0.3 is 5.32 Å². The largest absolute Gasteiger partial charge is 0.310 e. The highest BCUT2D eigenvalue weighted by atomic mass is 32.1. The van der Waals surface area contributed by atoms with E-state index in [1.807, 2.05) is 23.6 Å². The Morgan fingerprint density at radius 1 is 1.35 bits per heavy atom. The van der Waals surface area contributed by atoms with Gasteiger partial charge in [0.2, 0.25) is 0 Å². The predicted molar refractivity (Wildman–Crippen MR) is 71.1 cm³/mol. The molecule has 1 atom stereocenters. The van der Waals surface area contributed by atoms with Gasteiger partial charge in [-0.2, -0.15) is 10.2 Å². The minimum absolute atomic E-state index is 0.373. The number of rotatable bonds is 6. The van der Waals surface area contributed by atoms with Crippen molar-refractivity contribution in [3.05, 3.63) is 46.4 Å². The maximum atomic E-state index is 3.95. The molecule has 0 aliphatic heterocycles. The van der Waals surface area contributed by atoms with Crippen LogP contribution in [0, 0.1) is 0 Å². The predicted octanol–water partition coefficient (Wildman–Crippen LogP) is 2.82. The third-order valence-corrected chi connectivity index (χ3v) is 3.66. The summed E-state index contributed by atoms with van der Waals surface area (Å²) in [5.74, 6) is 0. The highest BCUT2D eigenvalue weighted by molar-refractivity contribution is 7.09. The normalized spacial score (nSPS) is 12.5. The zero-order chi connectivity index (χ0) is 11.9. The molecule has 0 aromatic carbocycles. The Labute approximate surface area is 106 Å². The van der Waals surface area contributed by atoms with Crippen LogP contribution < -0.4 is 5.32 Å². The van der Waals surface area contributed by atoms with Crippen molar-refractivity contribution in [2.24, 2.45) is 0 Å². The maximum absolute atomic E-state index is 3.95. The quantitative estimate of drug-likeness (QED) is 0.853. The van der Waals surface area contributed by atoms with Gasteiger partial charge in [0, 0.05) is 17.1 Å². The van der Waals surface area contributed by atoms with Crippen molar-refractivity contribution in [2.45, 2.75) is 25.8 Å². The van der Waals surface area contributed by atoms with Crippen molar-refractivity contribution < 1.29 is 0 Å². The molecule has 90 valence electrons. The standard InChI is InChI=1S/C13H17N3S/c1-2-14-13(11-7-8-15-16-10-11)6-5-12-4-3-9-17-12/h3-4,7-10,13-14H,2,5-6H2,1H3. The molecule has 3 nitrogen and oxygen atoms in total. The Bertz CT molecular complexity index is 413. The zero-order valence-electron chi connectivity index (χ0n) is 9.97. The van der Waals surface area contributed by atoms with Crippen LogP contribution in [-0.4, -0.2) is 16.7 Å². The molecular weight excluding hydrogens is 230 g/mol. The number of hydrogen-bond donors (Lipinski definition) is 1. The first kappa shape index (κ1) is 12.2. The maximum Gasteiger partial charge on any atom is 0.0544 e. The molecule has 0 fully saturated rings. The average Bonchev–Trinajstić information content (AvgIpc) is 2.88. The summed E-state index contributed by atoms with van der Waals surface area (Å²) >= 11 is 1.82. The Kier molecular flexibility index (Phi) is 4.64. The van der Waals surface area contributed by atoms with E-state index in [2.05, 4.69) is 40.0 Å². The van der Waals surface area contributed by atoms with Gasteiger partial charge >= 0.3 is 0 Å². The van der Waals surface area contributed by atoms with Crippen LogP contribution in [0.4, 0.5) is 0 Å². The van der Waals surface area contributed by atoms with Crippen LogP contribution in [0.3, 0.4) is 0 Å². The molecule has 0 amide bonds. The summed E-state index contributed by atoms with van der Waals surface area (Å²) in [5, 5.41) is 13.4. The molecule has 2 aromatic rings. The summed E-state index contributed by atoms with van der Waals surface area (Å²) < 4.78 is 0.